The van der Waals surface area contributed by atoms with Crippen LogP contribution in [0.25, 0.3) is 0 Å². The minimum Gasteiger partial charge on any atom is -0.340 e. The first-order valence-corrected chi connectivity index (χ1v) is 7.26. The van der Waals surface area contributed by atoms with Crippen molar-refractivity contribution < 1.29 is 4.79 Å². The van der Waals surface area contributed by atoms with Gasteiger partial charge in [-0.2, -0.15) is 0 Å². The third-order valence-electron chi connectivity index (χ3n) is 4.27. The SMILES string of the molecule is O=C([C@H]1CC=CCC1)N1CCC[C@H](n2ccnc2)C1. The first-order chi connectivity index (χ1) is 9.34. The van der Waals surface area contributed by atoms with Gasteiger partial charge >= 0.3 is 0 Å². The molecular formula is C15H21N3O. The van der Waals surface area contributed by atoms with Crippen LogP contribution in [0.2, 0.25) is 0 Å². The van der Waals surface area contributed by atoms with Crippen molar-refractivity contribution in [2.45, 2.75) is 38.1 Å². The van der Waals surface area contributed by atoms with Crippen LogP contribution < -0.4 is 0 Å². The molecule has 1 saturated heterocycles. The Kier molecular flexibility index (Phi) is 3.67. The molecule has 1 amide bonds. The second-order valence-corrected chi connectivity index (χ2v) is 5.57. The Bertz CT molecular complexity index is 452. The van der Waals surface area contributed by atoms with Crippen molar-refractivity contribution in [2.75, 3.05) is 13.1 Å². The van der Waals surface area contributed by atoms with Crippen LogP contribution in [0.1, 0.15) is 38.1 Å². The number of aromatic nitrogens is 2. The van der Waals surface area contributed by atoms with Gasteiger partial charge in [0.25, 0.3) is 0 Å². The van der Waals surface area contributed by atoms with E-state index in [0.717, 1.165) is 45.2 Å². The van der Waals surface area contributed by atoms with Crippen molar-refractivity contribution in [3.8, 4) is 0 Å². The van der Waals surface area contributed by atoms with E-state index in [1.165, 1.54) is 0 Å². The standard InChI is InChI=1S/C15H21N3O/c19-15(13-5-2-1-3-6-13)17-9-4-7-14(11-17)18-10-8-16-12-18/h1-2,8,10,12-14H,3-7,9,11H2/t13-,14-/m0/s1. The highest BCUT2D eigenvalue weighted by Gasteiger charge is 2.29. The zero-order valence-electron chi connectivity index (χ0n) is 11.2. The summed E-state index contributed by atoms with van der Waals surface area (Å²) in [7, 11) is 0. The number of amides is 1. The summed E-state index contributed by atoms with van der Waals surface area (Å²) in [6.07, 6.45) is 15.2. The van der Waals surface area contributed by atoms with Crippen molar-refractivity contribution >= 4 is 5.91 Å². The predicted molar refractivity (Wildman–Crippen MR) is 73.6 cm³/mol. The van der Waals surface area contributed by atoms with Gasteiger partial charge in [-0.15, -0.1) is 0 Å². The molecule has 4 heteroatoms. The Morgan fingerprint density at radius 3 is 2.95 bits per heavy atom. The van der Waals surface area contributed by atoms with Crippen LogP contribution in [0, 0.1) is 5.92 Å². The predicted octanol–water partition coefficient (Wildman–Crippen LogP) is 2.40. The highest BCUT2D eigenvalue weighted by molar-refractivity contribution is 5.79. The van der Waals surface area contributed by atoms with Crippen LogP contribution in [0.3, 0.4) is 0 Å². The maximum atomic E-state index is 12.5. The second kappa shape index (κ2) is 5.59. The summed E-state index contributed by atoms with van der Waals surface area (Å²) in [6, 6.07) is 0.402. The lowest BCUT2D eigenvalue weighted by Gasteiger charge is -2.35. The quantitative estimate of drug-likeness (QED) is 0.765. The van der Waals surface area contributed by atoms with Crippen LogP contribution in [0.5, 0.6) is 0 Å². The molecule has 2 heterocycles. The van der Waals surface area contributed by atoms with Gasteiger partial charge in [-0.25, -0.2) is 4.98 Å². The molecule has 0 N–H and O–H groups in total. The Balaban J connectivity index is 1.64. The molecule has 0 radical (unpaired) electrons. The molecule has 4 nitrogen and oxygen atoms in total. The van der Waals surface area contributed by atoms with E-state index in [-0.39, 0.29) is 5.92 Å². The normalized spacial score (nSPS) is 27.5. The minimum atomic E-state index is 0.214. The van der Waals surface area contributed by atoms with E-state index >= 15 is 0 Å². The van der Waals surface area contributed by atoms with Gasteiger partial charge < -0.3 is 9.47 Å². The molecule has 0 aromatic carbocycles. The van der Waals surface area contributed by atoms with Crippen LogP contribution in [-0.4, -0.2) is 33.4 Å². The van der Waals surface area contributed by atoms with Gasteiger partial charge in [-0.1, -0.05) is 12.2 Å². The smallest absolute Gasteiger partial charge is 0.226 e. The lowest BCUT2D eigenvalue weighted by Crippen LogP contribution is -2.43. The summed E-state index contributed by atoms with van der Waals surface area (Å²) in [5.74, 6) is 0.570. The average molecular weight is 259 g/mol. The van der Waals surface area contributed by atoms with Crippen molar-refractivity contribution in [2.24, 2.45) is 5.92 Å². The number of likely N-dealkylation sites (tertiary alicyclic amines) is 1. The molecule has 1 aliphatic heterocycles. The molecule has 2 atom stereocenters. The number of imidazole rings is 1. The fourth-order valence-corrected chi connectivity index (χ4v) is 3.16. The summed E-state index contributed by atoms with van der Waals surface area (Å²) in [5, 5.41) is 0. The summed E-state index contributed by atoms with van der Waals surface area (Å²) in [5.41, 5.74) is 0. The number of piperidine rings is 1. The van der Waals surface area contributed by atoms with E-state index in [2.05, 4.69) is 26.6 Å². The zero-order chi connectivity index (χ0) is 13.1. The molecular weight excluding hydrogens is 238 g/mol. The maximum absolute atomic E-state index is 12.5. The molecule has 102 valence electrons. The number of allylic oxidation sites excluding steroid dienone is 2. The average Bonchev–Trinajstić information content (AvgIpc) is 3.02. The van der Waals surface area contributed by atoms with Gasteiger partial charge in [-0.05, 0) is 32.1 Å². The molecule has 2 aliphatic rings. The summed E-state index contributed by atoms with van der Waals surface area (Å²) in [4.78, 5) is 18.7. The number of carbonyl (C=O) groups excluding carboxylic acids is 1. The van der Waals surface area contributed by atoms with Crippen molar-refractivity contribution in [1.29, 1.82) is 0 Å². The fraction of sp³-hybridized carbons (Fsp3) is 0.600. The summed E-state index contributed by atoms with van der Waals surface area (Å²) in [6.45, 7) is 1.76. The third kappa shape index (κ3) is 2.72. The Morgan fingerprint density at radius 2 is 2.21 bits per heavy atom. The molecule has 1 fully saturated rings. The summed E-state index contributed by atoms with van der Waals surface area (Å²) >= 11 is 0. The molecule has 0 saturated carbocycles. The maximum Gasteiger partial charge on any atom is 0.226 e. The van der Waals surface area contributed by atoms with Crippen LogP contribution in [0.15, 0.2) is 30.9 Å². The number of carbonyl (C=O) groups is 1. The Hall–Kier alpha value is -1.58. The van der Waals surface area contributed by atoms with E-state index in [1.54, 1.807) is 0 Å². The molecule has 3 rings (SSSR count). The highest BCUT2D eigenvalue weighted by atomic mass is 16.2. The van der Waals surface area contributed by atoms with E-state index < -0.39 is 0 Å². The summed E-state index contributed by atoms with van der Waals surface area (Å²) < 4.78 is 2.14. The van der Waals surface area contributed by atoms with Gasteiger partial charge in [0.05, 0.1) is 12.4 Å². The van der Waals surface area contributed by atoms with Gasteiger partial charge in [-0.3, -0.25) is 4.79 Å². The van der Waals surface area contributed by atoms with Crippen molar-refractivity contribution in [3.05, 3.63) is 30.9 Å². The molecule has 0 spiro atoms. The van der Waals surface area contributed by atoms with E-state index in [1.807, 2.05) is 18.7 Å². The monoisotopic (exact) mass is 259 g/mol. The molecule has 19 heavy (non-hydrogen) atoms. The number of hydrogen-bond donors (Lipinski definition) is 0. The van der Waals surface area contributed by atoms with Gasteiger partial charge in [0.1, 0.15) is 0 Å². The van der Waals surface area contributed by atoms with Crippen LogP contribution in [0.4, 0.5) is 0 Å². The van der Waals surface area contributed by atoms with E-state index in [0.29, 0.717) is 11.9 Å². The molecule has 0 unspecified atom stereocenters. The first-order valence-electron chi connectivity index (χ1n) is 7.26. The van der Waals surface area contributed by atoms with Gasteiger partial charge in [0.2, 0.25) is 5.91 Å². The lowest BCUT2D eigenvalue weighted by molar-refractivity contribution is -0.137. The zero-order valence-corrected chi connectivity index (χ0v) is 11.2. The Labute approximate surface area is 114 Å². The first kappa shape index (κ1) is 12.5. The topological polar surface area (TPSA) is 38.1 Å². The van der Waals surface area contributed by atoms with Gasteiger partial charge in [0, 0.05) is 31.4 Å². The molecule has 1 aromatic heterocycles. The second-order valence-electron chi connectivity index (χ2n) is 5.57. The third-order valence-corrected chi connectivity index (χ3v) is 4.27. The van der Waals surface area contributed by atoms with Crippen molar-refractivity contribution in [3.63, 3.8) is 0 Å². The molecule has 0 bridgehead atoms. The lowest BCUT2D eigenvalue weighted by atomic mass is 9.92. The van der Waals surface area contributed by atoms with Crippen molar-refractivity contribution in [1.82, 2.24) is 14.5 Å². The minimum absolute atomic E-state index is 0.214. The van der Waals surface area contributed by atoms with E-state index in [4.69, 9.17) is 0 Å². The van der Waals surface area contributed by atoms with Gasteiger partial charge in [0.15, 0.2) is 0 Å². The Morgan fingerprint density at radius 1 is 1.26 bits per heavy atom. The molecule has 1 aliphatic carbocycles. The number of rotatable bonds is 2. The number of nitrogens with zero attached hydrogens (tertiary/aromatic N) is 3. The van der Waals surface area contributed by atoms with E-state index in [9.17, 15) is 4.79 Å². The fourth-order valence-electron chi connectivity index (χ4n) is 3.16. The van der Waals surface area contributed by atoms with Crippen LogP contribution >= 0.6 is 0 Å². The number of hydrogen-bond acceptors (Lipinski definition) is 2. The largest absolute Gasteiger partial charge is 0.340 e. The van der Waals surface area contributed by atoms with Crippen LogP contribution in [-0.2, 0) is 4.79 Å². The molecule has 1 aromatic rings. The highest BCUT2D eigenvalue weighted by Crippen LogP contribution is 2.26.